The third kappa shape index (κ3) is 2.63. The molecule has 2 nitrogen and oxygen atoms in total. The molecule has 1 aromatic rings. The smallest absolute Gasteiger partial charge is 0.115 e. The van der Waals surface area contributed by atoms with Crippen molar-refractivity contribution in [1.82, 2.24) is 5.32 Å². The minimum Gasteiger partial charge on any atom is -0.496 e. The third-order valence-corrected chi connectivity index (χ3v) is 3.38. The van der Waals surface area contributed by atoms with Crippen LogP contribution in [0.5, 0.6) is 0 Å². The second-order valence-corrected chi connectivity index (χ2v) is 4.56. The van der Waals surface area contributed by atoms with Gasteiger partial charge in [-0.2, -0.15) is 0 Å². The summed E-state index contributed by atoms with van der Waals surface area (Å²) in [5.74, 6) is 1.15. The summed E-state index contributed by atoms with van der Waals surface area (Å²) in [6, 6.07) is 6.45. The van der Waals surface area contributed by atoms with Gasteiger partial charge in [0.05, 0.1) is 6.61 Å². The Hall–Kier alpha value is -1.44. The highest BCUT2D eigenvalue weighted by molar-refractivity contribution is 5.34. The van der Waals surface area contributed by atoms with Crippen molar-refractivity contribution < 1.29 is 4.74 Å². The Bertz CT molecular complexity index is 414. The molecule has 1 aliphatic rings. The van der Waals surface area contributed by atoms with Gasteiger partial charge >= 0.3 is 0 Å². The first-order valence-corrected chi connectivity index (χ1v) is 6.36. The van der Waals surface area contributed by atoms with Gasteiger partial charge in [0.2, 0.25) is 0 Å². The molecule has 0 fully saturated rings. The largest absolute Gasteiger partial charge is 0.496 e. The lowest BCUT2D eigenvalue weighted by atomic mass is 10.0. The molecule has 0 amide bonds. The summed E-state index contributed by atoms with van der Waals surface area (Å²) < 4.78 is 5.56. The molecule has 1 aromatic carbocycles. The predicted molar refractivity (Wildman–Crippen MR) is 70.6 cm³/mol. The van der Waals surface area contributed by atoms with Crippen molar-refractivity contribution in [3.05, 3.63) is 46.3 Å². The standard InChI is InChI=1S/C15H21NO/c1-4-17-15-9-8-14(15)16-10-13-11(2)6-5-7-12(13)3/h5-7,16H,4,8-10H2,1-3H3. The number of hydrogen-bond donors (Lipinski definition) is 1. The van der Waals surface area contributed by atoms with Crippen LogP contribution in [0, 0.1) is 13.8 Å². The lowest BCUT2D eigenvalue weighted by Crippen LogP contribution is -2.23. The van der Waals surface area contributed by atoms with E-state index >= 15 is 0 Å². The molecule has 0 radical (unpaired) electrons. The lowest BCUT2D eigenvalue weighted by molar-refractivity contribution is 0.194. The number of ether oxygens (including phenoxy) is 1. The molecule has 1 aliphatic carbocycles. The first-order valence-electron chi connectivity index (χ1n) is 6.36. The zero-order chi connectivity index (χ0) is 12.3. The molecule has 0 aromatic heterocycles. The van der Waals surface area contributed by atoms with Gasteiger partial charge in [-0.25, -0.2) is 0 Å². The van der Waals surface area contributed by atoms with Gasteiger partial charge in [-0.15, -0.1) is 0 Å². The molecule has 2 heteroatoms. The first-order chi connectivity index (χ1) is 8.22. The summed E-state index contributed by atoms with van der Waals surface area (Å²) in [7, 11) is 0. The van der Waals surface area contributed by atoms with Crippen molar-refractivity contribution in [2.45, 2.75) is 40.2 Å². The van der Waals surface area contributed by atoms with E-state index in [2.05, 4.69) is 37.4 Å². The Kier molecular flexibility index (Phi) is 3.72. The Morgan fingerprint density at radius 3 is 2.41 bits per heavy atom. The Morgan fingerprint density at radius 1 is 1.18 bits per heavy atom. The van der Waals surface area contributed by atoms with Gasteiger partial charge < -0.3 is 10.1 Å². The summed E-state index contributed by atoms with van der Waals surface area (Å²) in [4.78, 5) is 0. The molecule has 0 atom stereocenters. The number of benzene rings is 1. The molecule has 2 rings (SSSR count). The maximum Gasteiger partial charge on any atom is 0.115 e. The molecular formula is C15H21NO. The van der Waals surface area contributed by atoms with Crippen LogP contribution in [0.1, 0.15) is 36.5 Å². The molecule has 0 aliphatic heterocycles. The van der Waals surface area contributed by atoms with Crippen LogP contribution in [-0.4, -0.2) is 6.61 Å². The van der Waals surface area contributed by atoms with Crippen molar-refractivity contribution in [2.75, 3.05) is 6.61 Å². The number of nitrogens with one attached hydrogen (secondary N) is 1. The molecule has 0 unspecified atom stereocenters. The molecule has 0 saturated heterocycles. The van der Waals surface area contributed by atoms with E-state index in [1.54, 1.807) is 0 Å². The number of rotatable bonds is 5. The van der Waals surface area contributed by atoms with Gasteiger partial charge in [-0.3, -0.25) is 0 Å². The van der Waals surface area contributed by atoms with Crippen LogP contribution in [0.15, 0.2) is 29.7 Å². The molecule has 0 bridgehead atoms. The van der Waals surface area contributed by atoms with E-state index in [1.165, 1.54) is 22.4 Å². The van der Waals surface area contributed by atoms with Gasteiger partial charge in [0.25, 0.3) is 0 Å². The number of hydrogen-bond acceptors (Lipinski definition) is 2. The maximum absolute atomic E-state index is 5.56. The van der Waals surface area contributed by atoms with Crippen LogP contribution in [-0.2, 0) is 11.3 Å². The summed E-state index contributed by atoms with van der Waals surface area (Å²) in [5, 5.41) is 3.51. The van der Waals surface area contributed by atoms with E-state index in [9.17, 15) is 0 Å². The van der Waals surface area contributed by atoms with E-state index in [0.717, 1.165) is 31.8 Å². The second kappa shape index (κ2) is 5.26. The molecule has 0 saturated carbocycles. The fourth-order valence-electron chi connectivity index (χ4n) is 2.20. The van der Waals surface area contributed by atoms with Crippen LogP contribution in [0.25, 0.3) is 0 Å². The fourth-order valence-corrected chi connectivity index (χ4v) is 2.20. The average Bonchev–Trinajstić information content (AvgIpc) is 2.28. The Balaban J connectivity index is 2.01. The van der Waals surface area contributed by atoms with E-state index < -0.39 is 0 Å². The first kappa shape index (κ1) is 12.0. The van der Waals surface area contributed by atoms with Gasteiger partial charge in [-0.1, -0.05) is 18.2 Å². The van der Waals surface area contributed by atoms with Crippen LogP contribution >= 0.6 is 0 Å². The van der Waals surface area contributed by atoms with Crippen molar-refractivity contribution in [2.24, 2.45) is 0 Å². The minimum atomic E-state index is 0.768. The second-order valence-electron chi connectivity index (χ2n) is 4.56. The van der Waals surface area contributed by atoms with Crippen molar-refractivity contribution in [3.8, 4) is 0 Å². The summed E-state index contributed by atoms with van der Waals surface area (Å²) >= 11 is 0. The van der Waals surface area contributed by atoms with E-state index in [1.807, 2.05) is 6.92 Å². The highest BCUT2D eigenvalue weighted by Crippen LogP contribution is 2.27. The van der Waals surface area contributed by atoms with Gasteiger partial charge in [0.1, 0.15) is 5.76 Å². The molecule has 0 heterocycles. The summed E-state index contributed by atoms with van der Waals surface area (Å²) in [6.45, 7) is 8.05. The number of aryl methyl sites for hydroxylation is 2. The summed E-state index contributed by atoms with van der Waals surface area (Å²) in [6.07, 6.45) is 2.21. The van der Waals surface area contributed by atoms with Crippen LogP contribution in [0.4, 0.5) is 0 Å². The van der Waals surface area contributed by atoms with E-state index in [-0.39, 0.29) is 0 Å². The summed E-state index contributed by atoms with van der Waals surface area (Å²) in [5.41, 5.74) is 5.41. The Labute approximate surface area is 104 Å². The van der Waals surface area contributed by atoms with Crippen LogP contribution in [0.3, 0.4) is 0 Å². The molecular weight excluding hydrogens is 210 g/mol. The third-order valence-electron chi connectivity index (χ3n) is 3.38. The van der Waals surface area contributed by atoms with E-state index in [4.69, 9.17) is 4.74 Å². The maximum atomic E-state index is 5.56. The van der Waals surface area contributed by atoms with Crippen LogP contribution in [0.2, 0.25) is 0 Å². The van der Waals surface area contributed by atoms with Crippen molar-refractivity contribution in [1.29, 1.82) is 0 Å². The molecule has 92 valence electrons. The highest BCUT2D eigenvalue weighted by Gasteiger charge is 2.18. The van der Waals surface area contributed by atoms with Crippen molar-refractivity contribution >= 4 is 0 Å². The zero-order valence-corrected chi connectivity index (χ0v) is 11.0. The SMILES string of the molecule is CCOC1=C(NCc2c(C)cccc2C)CC1. The van der Waals surface area contributed by atoms with Crippen LogP contribution < -0.4 is 5.32 Å². The fraction of sp³-hybridized carbons (Fsp3) is 0.467. The highest BCUT2D eigenvalue weighted by atomic mass is 16.5. The molecule has 0 spiro atoms. The normalized spacial score (nSPS) is 14.5. The van der Waals surface area contributed by atoms with Gasteiger partial charge in [0.15, 0.2) is 0 Å². The van der Waals surface area contributed by atoms with E-state index in [0.29, 0.717) is 0 Å². The predicted octanol–water partition coefficient (Wildman–Crippen LogP) is 3.43. The lowest BCUT2D eigenvalue weighted by Gasteiger charge is -2.25. The number of allylic oxidation sites excluding steroid dienone is 2. The molecule has 17 heavy (non-hydrogen) atoms. The Morgan fingerprint density at radius 2 is 1.88 bits per heavy atom. The molecule has 1 N–H and O–H groups in total. The minimum absolute atomic E-state index is 0.768. The van der Waals surface area contributed by atoms with Gasteiger partial charge in [-0.05, 0) is 43.9 Å². The quantitative estimate of drug-likeness (QED) is 0.838. The average molecular weight is 231 g/mol. The monoisotopic (exact) mass is 231 g/mol. The topological polar surface area (TPSA) is 21.3 Å². The zero-order valence-electron chi connectivity index (χ0n) is 11.0. The van der Waals surface area contributed by atoms with Crippen molar-refractivity contribution in [3.63, 3.8) is 0 Å². The van der Waals surface area contributed by atoms with Gasteiger partial charge in [0, 0.05) is 18.7 Å².